The van der Waals surface area contributed by atoms with E-state index in [1.807, 2.05) is 19.2 Å². The normalized spacial score (nSPS) is 12.9. The van der Waals surface area contributed by atoms with Gasteiger partial charge in [0.15, 0.2) is 0 Å². The molecule has 0 aliphatic heterocycles. The van der Waals surface area contributed by atoms with Gasteiger partial charge in [-0.3, -0.25) is 0 Å². The summed E-state index contributed by atoms with van der Waals surface area (Å²) < 4.78 is 0. The lowest BCUT2D eigenvalue weighted by Crippen LogP contribution is -2.32. The summed E-state index contributed by atoms with van der Waals surface area (Å²) in [6.07, 6.45) is 2.97. The molecule has 0 aliphatic rings. The number of anilines is 1. The van der Waals surface area contributed by atoms with E-state index in [0.717, 1.165) is 24.3 Å². The third-order valence-corrected chi connectivity index (χ3v) is 2.68. The van der Waals surface area contributed by atoms with Crippen LogP contribution in [-0.4, -0.2) is 17.6 Å². The van der Waals surface area contributed by atoms with Gasteiger partial charge in [-0.1, -0.05) is 6.92 Å². The van der Waals surface area contributed by atoms with Crippen molar-refractivity contribution >= 4 is 5.82 Å². The summed E-state index contributed by atoms with van der Waals surface area (Å²) in [5.41, 5.74) is 7.03. The van der Waals surface area contributed by atoms with Gasteiger partial charge in [-0.05, 0) is 44.9 Å². The topological polar surface area (TPSA) is 42.1 Å². The van der Waals surface area contributed by atoms with E-state index in [1.54, 1.807) is 0 Å². The Hall–Kier alpha value is -1.09. The zero-order valence-corrected chi connectivity index (χ0v) is 10.8. The molecule has 0 amide bonds. The lowest BCUT2D eigenvalue weighted by Gasteiger charge is -2.28. The Morgan fingerprint density at radius 3 is 2.56 bits per heavy atom. The SMILES string of the molecule is CCCN(c1cc(C(C)N)ccn1)C(C)C. The van der Waals surface area contributed by atoms with Crippen molar-refractivity contribution in [2.24, 2.45) is 5.73 Å². The van der Waals surface area contributed by atoms with Gasteiger partial charge >= 0.3 is 0 Å². The number of rotatable bonds is 5. The standard InChI is InChI=1S/C13H23N3/c1-5-8-16(10(2)3)13-9-12(11(4)14)6-7-15-13/h6-7,9-11H,5,8,14H2,1-4H3. The van der Waals surface area contributed by atoms with Gasteiger partial charge < -0.3 is 10.6 Å². The average Bonchev–Trinajstić information content (AvgIpc) is 2.25. The number of hydrogen-bond donors (Lipinski definition) is 1. The fourth-order valence-electron chi connectivity index (χ4n) is 1.75. The number of pyridine rings is 1. The molecule has 90 valence electrons. The Balaban J connectivity index is 2.95. The molecule has 3 heteroatoms. The minimum absolute atomic E-state index is 0.0670. The number of aromatic nitrogens is 1. The Kier molecular flexibility index (Phi) is 4.74. The predicted octanol–water partition coefficient (Wildman–Crippen LogP) is 2.73. The van der Waals surface area contributed by atoms with Gasteiger partial charge in [0.05, 0.1) is 0 Å². The fraction of sp³-hybridized carbons (Fsp3) is 0.615. The highest BCUT2D eigenvalue weighted by atomic mass is 15.2. The zero-order chi connectivity index (χ0) is 12.1. The van der Waals surface area contributed by atoms with E-state index in [4.69, 9.17) is 5.73 Å². The highest BCUT2D eigenvalue weighted by molar-refractivity contribution is 5.42. The van der Waals surface area contributed by atoms with Crippen LogP contribution in [0.4, 0.5) is 5.82 Å². The van der Waals surface area contributed by atoms with E-state index in [2.05, 4.69) is 36.7 Å². The molecule has 0 aliphatic carbocycles. The van der Waals surface area contributed by atoms with E-state index in [-0.39, 0.29) is 6.04 Å². The van der Waals surface area contributed by atoms with Crippen LogP contribution in [0.1, 0.15) is 45.7 Å². The molecule has 2 N–H and O–H groups in total. The smallest absolute Gasteiger partial charge is 0.129 e. The summed E-state index contributed by atoms with van der Waals surface area (Å²) in [5, 5.41) is 0. The van der Waals surface area contributed by atoms with E-state index in [1.165, 1.54) is 0 Å². The van der Waals surface area contributed by atoms with Crippen molar-refractivity contribution in [1.29, 1.82) is 0 Å². The Labute approximate surface area is 98.7 Å². The minimum atomic E-state index is 0.0670. The molecule has 3 nitrogen and oxygen atoms in total. The molecule has 0 saturated heterocycles. The van der Waals surface area contributed by atoms with E-state index in [0.29, 0.717) is 6.04 Å². The second kappa shape index (κ2) is 5.85. The van der Waals surface area contributed by atoms with Gasteiger partial charge in [-0.2, -0.15) is 0 Å². The molecule has 1 heterocycles. The molecule has 0 saturated carbocycles. The maximum atomic E-state index is 5.89. The van der Waals surface area contributed by atoms with Crippen LogP contribution in [0, 0.1) is 0 Å². The van der Waals surface area contributed by atoms with Crippen molar-refractivity contribution in [2.75, 3.05) is 11.4 Å². The van der Waals surface area contributed by atoms with E-state index in [9.17, 15) is 0 Å². The molecule has 1 rings (SSSR count). The molecule has 1 unspecified atom stereocenters. The van der Waals surface area contributed by atoms with E-state index < -0.39 is 0 Å². The van der Waals surface area contributed by atoms with Crippen LogP contribution in [0.5, 0.6) is 0 Å². The minimum Gasteiger partial charge on any atom is -0.354 e. The van der Waals surface area contributed by atoms with Gasteiger partial charge in [0, 0.05) is 24.8 Å². The number of hydrogen-bond acceptors (Lipinski definition) is 3. The van der Waals surface area contributed by atoms with Crippen LogP contribution in [0.2, 0.25) is 0 Å². The van der Waals surface area contributed by atoms with Crippen molar-refractivity contribution in [2.45, 2.75) is 46.2 Å². The maximum absolute atomic E-state index is 5.89. The largest absolute Gasteiger partial charge is 0.354 e. The first-order chi connectivity index (χ1) is 7.56. The quantitative estimate of drug-likeness (QED) is 0.831. The first-order valence-corrected chi connectivity index (χ1v) is 6.04. The molecule has 1 atom stereocenters. The van der Waals surface area contributed by atoms with Crippen molar-refractivity contribution in [3.63, 3.8) is 0 Å². The second-order valence-corrected chi connectivity index (χ2v) is 4.52. The molecular weight excluding hydrogens is 198 g/mol. The second-order valence-electron chi connectivity index (χ2n) is 4.52. The average molecular weight is 221 g/mol. The molecule has 0 radical (unpaired) electrons. The molecule has 0 fully saturated rings. The van der Waals surface area contributed by atoms with Crippen molar-refractivity contribution in [3.05, 3.63) is 23.9 Å². The summed E-state index contributed by atoms with van der Waals surface area (Å²) in [6.45, 7) is 9.60. The third kappa shape index (κ3) is 3.20. The highest BCUT2D eigenvalue weighted by Gasteiger charge is 2.11. The van der Waals surface area contributed by atoms with Crippen molar-refractivity contribution in [1.82, 2.24) is 4.98 Å². The molecule has 0 bridgehead atoms. The maximum Gasteiger partial charge on any atom is 0.129 e. The first kappa shape index (κ1) is 13.0. The Morgan fingerprint density at radius 1 is 1.38 bits per heavy atom. The number of nitrogens with two attached hydrogens (primary N) is 1. The molecule has 1 aromatic heterocycles. The van der Waals surface area contributed by atoms with Gasteiger partial charge in [0.2, 0.25) is 0 Å². The van der Waals surface area contributed by atoms with Crippen LogP contribution >= 0.6 is 0 Å². The molecule has 16 heavy (non-hydrogen) atoms. The summed E-state index contributed by atoms with van der Waals surface area (Å²) >= 11 is 0. The number of nitrogens with zero attached hydrogens (tertiary/aromatic N) is 2. The predicted molar refractivity (Wildman–Crippen MR) is 69.6 cm³/mol. The summed E-state index contributed by atoms with van der Waals surface area (Å²) in [7, 11) is 0. The summed E-state index contributed by atoms with van der Waals surface area (Å²) in [6, 6.07) is 4.62. The molecule has 0 aromatic carbocycles. The van der Waals surface area contributed by atoms with Crippen LogP contribution in [-0.2, 0) is 0 Å². The van der Waals surface area contributed by atoms with Crippen LogP contribution in [0.3, 0.4) is 0 Å². The first-order valence-electron chi connectivity index (χ1n) is 6.04. The fourth-order valence-corrected chi connectivity index (χ4v) is 1.75. The summed E-state index contributed by atoms with van der Waals surface area (Å²) in [5.74, 6) is 1.03. The summed E-state index contributed by atoms with van der Waals surface area (Å²) in [4.78, 5) is 6.74. The third-order valence-electron chi connectivity index (χ3n) is 2.68. The molecular formula is C13H23N3. The molecule has 1 aromatic rings. The van der Waals surface area contributed by atoms with Crippen molar-refractivity contribution < 1.29 is 0 Å². The monoisotopic (exact) mass is 221 g/mol. The lowest BCUT2D eigenvalue weighted by molar-refractivity contribution is 0.660. The van der Waals surface area contributed by atoms with Crippen LogP contribution in [0.25, 0.3) is 0 Å². The van der Waals surface area contributed by atoms with Crippen LogP contribution < -0.4 is 10.6 Å². The Bertz CT molecular complexity index is 321. The van der Waals surface area contributed by atoms with Gasteiger partial charge in [0.25, 0.3) is 0 Å². The zero-order valence-electron chi connectivity index (χ0n) is 10.8. The van der Waals surface area contributed by atoms with E-state index >= 15 is 0 Å². The highest BCUT2D eigenvalue weighted by Crippen LogP contribution is 2.18. The van der Waals surface area contributed by atoms with Crippen LogP contribution in [0.15, 0.2) is 18.3 Å². The van der Waals surface area contributed by atoms with Gasteiger partial charge in [-0.25, -0.2) is 4.98 Å². The Morgan fingerprint density at radius 2 is 2.06 bits per heavy atom. The lowest BCUT2D eigenvalue weighted by atomic mass is 10.1. The van der Waals surface area contributed by atoms with Gasteiger partial charge in [-0.15, -0.1) is 0 Å². The van der Waals surface area contributed by atoms with Crippen molar-refractivity contribution in [3.8, 4) is 0 Å². The van der Waals surface area contributed by atoms with Gasteiger partial charge in [0.1, 0.15) is 5.82 Å². The molecule has 0 spiro atoms.